The third-order valence-corrected chi connectivity index (χ3v) is 3.98. The second-order valence-corrected chi connectivity index (χ2v) is 5.04. The monoisotopic (exact) mass is 251 g/mol. The summed E-state index contributed by atoms with van der Waals surface area (Å²) in [6, 6.07) is 5.20. The van der Waals surface area contributed by atoms with E-state index in [2.05, 4.69) is 12.2 Å². The van der Waals surface area contributed by atoms with Crippen LogP contribution in [-0.4, -0.2) is 19.8 Å². The van der Waals surface area contributed by atoms with Crippen LogP contribution >= 0.6 is 0 Å². The number of halogens is 1. The Morgan fingerprint density at radius 3 is 2.94 bits per heavy atom. The number of nitrogens with one attached hydrogen (secondary N) is 1. The molecule has 1 N–H and O–H groups in total. The average Bonchev–Trinajstić information content (AvgIpc) is 2.83. The maximum atomic E-state index is 13.5. The summed E-state index contributed by atoms with van der Waals surface area (Å²) >= 11 is 0. The van der Waals surface area contributed by atoms with Gasteiger partial charge in [0.1, 0.15) is 5.82 Å². The van der Waals surface area contributed by atoms with E-state index in [0.717, 1.165) is 30.6 Å². The highest BCUT2D eigenvalue weighted by Crippen LogP contribution is 2.36. The van der Waals surface area contributed by atoms with Gasteiger partial charge in [0.05, 0.1) is 6.10 Å². The van der Waals surface area contributed by atoms with E-state index in [1.54, 1.807) is 6.07 Å². The van der Waals surface area contributed by atoms with Gasteiger partial charge >= 0.3 is 0 Å². The first-order valence-corrected chi connectivity index (χ1v) is 6.72. The van der Waals surface area contributed by atoms with Crippen molar-refractivity contribution in [2.24, 2.45) is 5.92 Å². The third-order valence-electron chi connectivity index (χ3n) is 3.98. The molecular weight excluding hydrogens is 229 g/mol. The summed E-state index contributed by atoms with van der Waals surface area (Å²) in [5.74, 6) is 0.267. The first-order valence-electron chi connectivity index (χ1n) is 6.72. The first kappa shape index (κ1) is 13.5. The summed E-state index contributed by atoms with van der Waals surface area (Å²) in [5, 5.41) is 3.35. The maximum absolute atomic E-state index is 13.5. The Morgan fingerprint density at radius 2 is 2.28 bits per heavy atom. The Morgan fingerprint density at radius 1 is 1.50 bits per heavy atom. The number of rotatable bonds is 4. The molecule has 2 nitrogen and oxygen atoms in total. The highest BCUT2D eigenvalue weighted by molar-refractivity contribution is 5.30. The average molecular weight is 251 g/mol. The van der Waals surface area contributed by atoms with Gasteiger partial charge in [-0.15, -0.1) is 0 Å². The molecule has 0 saturated carbocycles. The zero-order chi connectivity index (χ0) is 13.1. The van der Waals surface area contributed by atoms with Crippen molar-refractivity contribution in [2.45, 2.75) is 38.8 Å². The summed E-state index contributed by atoms with van der Waals surface area (Å²) in [7, 11) is 1.94. The van der Waals surface area contributed by atoms with Crippen molar-refractivity contribution in [1.82, 2.24) is 5.32 Å². The van der Waals surface area contributed by atoms with E-state index in [0.29, 0.717) is 5.92 Å². The number of hydrogen-bond donors (Lipinski definition) is 1. The van der Waals surface area contributed by atoms with Gasteiger partial charge in [0.15, 0.2) is 0 Å². The van der Waals surface area contributed by atoms with Crippen LogP contribution in [-0.2, 0) is 4.74 Å². The maximum Gasteiger partial charge on any atom is 0.123 e. The van der Waals surface area contributed by atoms with E-state index >= 15 is 0 Å². The van der Waals surface area contributed by atoms with E-state index in [1.165, 1.54) is 6.07 Å². The summed E-state index contributed by atoms with van der Waals surface area (Å²) < 4.78 is 19.2. The predicted octanol–water partition coefficient (Wildman–Crippen LogP) is 3.21. The molecule has 1 aromatic carbocycles. The number of aryl methyl sites for hydroxylation is 1. The summed E-state index contributed by atoms with van der Waals surface area (Å²) in [6.45, 7) is 5.00. The SMILES string of the molecule is CCC1OCCC1C(NC)c1cc(F)ccc1C. The molecule has 0 aliphatic carbocycles. The summed E-state index contributed by atoms with van der Waals surface area (Å²) in [4.78, 5) is 0. The molecule has 100 valence electrons. The van der Waals surface area contributed by atoms with Crippen LogP contribution in [0, 0.1) is 18.7 Å². The van der Waals surface area contributed by atoms with E-state index in [1.807, 2.05) is 20.0 Å². The predicted molar refractivity (Wildman–Crippen MR) is 71.1 cm³/mol. The highest BCUT2D eigenvalue weighted by atomic mass is 19.1. The fraction of sp³-hybridized carbons (Fsp3) is 0.600. The molecule has 0 aromatic heterocycles. The topological polar surface area (TPSA) is 21.3 Å². The lowest BCUT2D eigenvalue weighted by molar-refractivity contribution is 0.0781. The molecule has 3 atom stereocenters. The van der Waals surface area contributed by atoms with Gasteiger partial charge in [0.2, 0.25) is 0 Å². The van der Waals surface area contributed by atoms with Crippen molar-refractivity contribution in [1.29, 1.82) is 0 Å². The highest BCUT2D eigenvalue weighted by Gasteiger charge is 2.34. The van der Waals surface area contributed by atoms with Gasteiger partial charge in [-0.25, -0.2) is 4.39 Å². The van der Waals surface area contributed by atoms with Crippen LogP contribution in [0.5, 0.6) is 0 Å². The molecule has 18 heavy (non-hydrogen) atoms. The molecule has 3 unspecified atom stereocenters. The molecule has 3 heteroatoms. The van der Waals surface area contributed by atoms with Crippen molar-refractivity contribution in [3.05, 3.63) is 35.1 Å². The zero-order valence-corrected chi connectivity index (χ0v) is 11.4. The van der Waals surface area contributed by atoms with Crippen molar-refractivity contribution < 1.29 is 9.13 Å². The van der Waals surface area contributed by atoms with Gasteiger partial charge in [-0.2, -0.15) is 0 Å². The molecule has 1 fully saturated rings. The number of hydrogen-bond acceptors (Lipinski definition) is 2. The lowest BCUT2D eigenvalue weighted by Crippen LogP contribution is -2.31. The molecule has 1 heterocycles. The van der Waals surface area contributed by atoms with Crippen LogP contribution in [0.2, 0.25) is 0 Å². The van der Waals surface area contributed by atoms with Crippen LogP contribution in [0.15, 0.2) is 18.2 Å². The molecule has 1 aliphatic heterocycles. The van der Waals surface area contributed by atoms with E-state index in [-0.39, 0.29) is 18.0 Å². The smallest absolute Gasteiger partial charge is 0.123 e. The zero-order valence-electron chi connectivity index (χ0n) is 11.4. The van der Waals surface area contributed by atoms with Crippen LogP contribution in [0.1, 0.15) is 36.9 Å². The van der Waals surface area contributed by atoms with E-state index < -0.39 is 0 Å². The Kier molecular flexibility index (Phi) is 4.36. The normalized spacial score (nSPS) is 25.3. The van der Waals surface area contributed by atoms with Gasteiger partial charge < -0.3 is 10.1 Å². The van der Waals surface area contributed by atoms with Crippen molar-refractivity contribution >= 4 is 0 Å². The Bertz CT molecular complexity index is 407. The second kappa shape index (κ2) is 5.81. The van der Waals surface area contributed by atoms with Gasteiger partial charge in [-0.1, -0.05) is 13.0 Å². The minimum atomic E-state index is -0.164. The van der Waals surface area contributed by atoms with Crippen molar-refractivity contribution in [3.63, 3.8) is 0 Å². The lowest BCUT2D eigenvalue weighted by Gasteiger charge is -2.28. The molecule has 0 bridgehead atoms. The Balaban J connectivity index is 2.30. The van der Waals surface area contributed by atoms with Gasteiger partial charge in [0, 0.05) is 18.6 Å². The Labute approximate surface area is 109 Å². The van der Waals surface area contributed by atoms with Crippen LogP contribution < -0.4 is 5.32 Å². The third kappa shape index (κ3) is 2.57. The lowest BCUT2D eigenvalue weighted by atomic mass is 9.85. The van der Waals surface area contributed by atoms with Gasteiger partial charge in [-0.3, -0.25) is 0 Å². The van der Waals surface area contributed by atoms with Crippen molar-refractivity contribution in [3.8, 4) is 0 Å². The van der Waals surface area contributed by atoms with Gasteiger partial charge in [-0.05, 0) is 50.1 Å². The summed E-state index contributed by atoms with van der Waals surface area (Å²) in [6.07, 6.45) is 2.34. The molecule has 1 saturated heterocycles. The molecular formula is C15H22FNO. The molecule has 1 aromatic rings. The minimum absolute atomic E-state index is 0.164. The van der Waals surface area contributed by atoms with E-state index in [9.17, 15) is 4.39 Å². The standard InChI is InChI=1S/C15H22FNO/c1-4-14-12(7-8-18-14)15(17-3)13-9-11(16)6-5-10(13)2/h5-6,9,12,14-15,17H,4,7-8H2,1-3H3. The van der Waals surface area contributed by atoms with E-state index in [4.69, 9.17) is 4.74 Å². The fourth-order valence-electron chi connectivity index (χ4n) is 3.01. The van der Waals surface area contributed by atoms with Crippen LogP contribution in [0.25, 0.3) is 0 Å². The molecule has 1 aliphatic rings. The largest absolute Gasteiger partial charge is 0.378 e. The fourth-order valence-corrected chi connectivity index (χ4v) is 3.01. The first-order chi connectivity index (χ1) is 8.67. The number of ether oxygens (including phenoxy) is 1. The molecule has 2 rings (SSSR count). The number of benzene rings is 1. The quantitative estimate of drug-likeness (QED) is 0.887. The van der Waals surface area contributed by atoms with Crippen LogP contribution in [0.4, 0.5) is 4.39 Å². The Hall–Kier alpha value is -0.930. The molecule has 0 amide bonds. The summed E-state index contributed by atoms with van der Waals surface area (Å²) in [5.41, 5.74) is 2.20. The van der Waals surface area contributed by atoms with Gasteiger partial charge in [0.25, 0.3) is 0 Å². The van der Waals surface area contributed by atoms with Crippen molar-refractivity contribution in [2.75, 3.05) is 13.7 Å². The minimum Gasteiger partial charge on any atom is -0.378 e. The molecule has 0 spiro atoms. The second-order valence-electron chi connectivity index (χ2n) is 5.04. The van der Waals surface area contributed by atoms with Crippen LogP contribution in [0.3, 0.4) is 0 Å². The molecule has 0 radical (unpaired) electrons.